The van der Waals surface area contributed by atoms with Crippen molar-refractivity contribution < 1.29 is 67.2 Å². The van der Waals surface area contributed by atoms with E-state index in [0.717, 1.165) is 36.7 Å². The number of carbonyl (C=O) groups excluding carboxylic acids is 6. The SMILES string of the molecule is COc1cc([N+](=O)[O-])ccc1-n1c(C)cc(/C=N/OCCCCCCn2cncc2C[C@H](NC(=O)[C@H](CC(C)C)NC(=O)[C@@H]2CCCN2C(C)=O)C(=O)N[C@@H](CO)C(=O)N[C@H](C(N)=O)[C@@H](C)OP(=O)(O)O)c1C. The molecule has 1 aliphatic heterocycles. The number of nitro groups is 1. The van der Waals surface area contributed by atoms with Gasteiger partial charge in [-0.3, -0.25) is 43.4 Å². The summed E-state index contributed by atoms with van der Waals surface area (Å²) >= 11 is 0. The number of phosphoric ester groups is 1. The number of aliphatic hydroxyl groups is 1. The monoisotopic (exact) mass is 1050 g/mol. The first-order valence-corrected chi connectivity index (χ1v) is 25.3. The van der Waals surface area contributed by atoms with Crippen LogP contribution in [-0.4, -0.2) is 144 Å². The number of unbranched alkanes of at least 4 members (excludes halogenated alkanes) is 3. The molecule has 1 aromatic carbocycles. The molecule has 1 saturated heterocycles. The molecule has 3 heterocycles. The molecule has 4 rings (SSSR count). The van der Waals surface area contributed by atoms with E-state index in [-0.39, 0.29) is 30.4 Å². The number of oxime groups is 1. The molecular formula is C46H68N11O15P. The van der Waals surface area contributed by atoms with Gasteiger partial charge < -0.3 is 65.5 Å². The highest BCUT2D eigenvalue weighted by atomic mass is 31.2. The van der Waals surface area contributed by atoms with Crippen LogP contribution in [0.5, 0.6) is 5.75 Å². The van der Waals surface area contributed by atoms with E-state index < -0.39 is 85.2 Å². The lowest BCUT2D eigenvalue weighted by Gasteiger charge is -2.28. The molecule has 0 aliphatic carbocycles. The van der Waals surface area contributed by atoms with E-state index in [0.29, 0.717) is 62.5 Å². The Morgan fingerprint density at radius 2 is 1.66 bits per heavy atom. The Morgan fingerprint density at radius 3 is 2.29 bits per heavy atom. The highest BCUT2D eigenvalue weighted by molar-refractivity contribution is 7.46. The van der Waals surface area contributed by atoms with Crippen molar-refractivity contribution in [1.82, 2.24) is 40.3 Å². The molecule has 26 nitrogen and oxygen atoms in total. The number of imidazole rings is 1. The van der Waals surface area contributed by atoms with Gasteiger partial charge in [-0.15, -0.1) is 0 Å². The number of primary amides is 1. The molecule has 1 fully saturated rings. The fourth-order valence-corrected chi connectivity index (χ4v) is 8.97. The third kappa shape index (κ3) is 17.2. The number of amides is 6. The zero-order valence-corrected chi connectivity index (χ0v) is 42.9. The average Bonchev–Trinajstić information content (AvgIpc) is 4.06. The first-order valence-electron chi connectivity index (χ1n) is 23.7. The number of nitrogens with one attached hydrogen (secondary N) is 4. The molecule has 73 heavy (non-hydrogen) atoms. The maximum Gasteiger partial charge on any atom is 0.469 e. The molecule has 0 radical (unpaired) electrons. The number of carbonyl (C=O) groups is 6. The molecule has 3 aromatic rings. The van der Waals surface area contributed by atoms with E-state index in [1.807, 2.05) is 38.3 Å². The van der Waals surface area contributed by atoms with Gasteiger partial charge in [0.25, 0.3) is 5.69 Å². The Labute approximate surface area is 422 Å². The zero-order valence-electron chi connectivity index (χ0n) is 42.0. The number of rotatable bonds is 29. The molecule has 9 N–H and O–H groups in total. The topological polar surface area (TPSA) is 364 Å². The van der Waals surface area contributed by atoms with Crippen molar-refractivity contribution in [1.29, 1.82) is 0 Å². The standard InChI is InChI=1S/C46H68N11O15P/c1-27(2)19-35(51-46(64)39-13-12-17-55(39)31(6)59)43(61)50-36(44(62)52-37(25-58)45(63)53-41(42(47)60)30(5)72-73(67,68)69)21-34-24-48-26-54(34)16-10-8-9-11-18-71-49-23-32-20-28(3)56(29(32)4)38-15-14-33(57(65)66)22-40(38)70-7/h14-15,20,22-24,26-27,30,35-37,39,41,58H,8-13,16-19,21,25H2,1-7H3,(H2,47,60)(H,50,61)(H,51,64)(H,52,62)(H,53,63)(H2,67,68,69)/b49-23+/t30-,35+,36+,37+,39+,41+/m1/s1. The fourth-order valence-electron chi connectivity index (χ4n) is 8.42. The summed E-state index contributed by atoms with van der Waals surface area (Å²) in [6.07, 6.45) is 6.85. The number of non-ortho nitro benzene ring substituents is 1. The quantitative estimate of drug-likeness (QED) is 0.0160. The number of benzene rings is 1. The second kappa shape index (κ2) is 27.4. The maximum atomic E-state index is 14.1. The number of nitrogens with two attached hydrogens (primary N) is 1. The number of aliphatic hydroxyl groups excluding tert-OH is 1. The highest BCUT2D eigenvalue weighted by Gasteiger charge is 2.37. The van der Waals surface area contributed by atoms with Gasteiger partial charge in [0.2, 0.25) is 35.4 Å². The number of phosphoric acid groups is 1. The molecule has 6 atom stereocenters. The van der Waals surface area contributed by atoms with Gasteiger partial charge in [0, 0.05) is 61.3 Å². The minimum atomic E-state index is -5.14. The van der Waals surface area contributed by atoms with Crippen LogP contribution in [0, 0.1) is 29.9 Å². The number of nitro benzene ring substituents is 1. The third-order valence-electron chi connectivity index (χ3n) is 12.1. The molecule has 6 amide bonds. The largest absolute Gasteiger partial charge is 0.494 e. The van der Waals surface area contributed by atoms with Crippen molar-refractivity contribution in [3.63, 3.8) is 0 Å². The van der Waals surface area contributed by atoms with Crippen LogP contribution in [-0.2, 0) is 55.7 Å². The van der Waals surface area contributed by atoms with Gasteiger partial charge in [-0.1, -0.05) is 25.4 Å². The van der Waals surface area contributed by atoms with Gasteiger partial charge >= 0.3 is 7.82 Å². The van der Waals surface area contributed by atoms with E-state index >= 15 is 0 Å². The van der Waals surface area contributed by atoms with Gasteiger partial charge in [-0.25, -0.2) is 9.55 Å². The van der Waals surface area contributed by atoms with Crippen LogP contribution in [0.4, 0.5) is 5.69 Å². The normalized spacial score (nSPS) is 15.8. The van der Waals surface area contributed by atoms with Crippen LogP contribution in [0.2, 0.25) is 0 Å². The molecule has 0 bridgehead atoms. The van der Waals surface area contributed by atoms with Gasteiger partial charge in [-0.05, 0) is 77.3 Å². The number of aromatic nitrogens is 3. The molecule has 2 aromatic heterocycles. The van der Waals surface area contributed by atoms with Crippen LogP contribution in [0.3, 0.4) is 0 Å². The molecule has 1 aliphatic rings. The fraction of sp³-hybridized carbons (Fsp3) is 0.565. The Morgan fingerprint density at radius 1 is 0.986 bits per heavy atom. The Bertz CT molecular complexity index is 2510. The van der Waals surface area contributed by atoms with Crippen molar-refractivity contribution in [2.45, 2.75) is 136 Å². The zero-order chi connectivity index (χ0) is 54.2. The van der Waals surface area contributed by atoms with E-state index in [9.17, 15) is 58.3 Å². The first-order chi connectivity index (χ1) is 34.5. The summed E-state index contributed by atoms with van der Waals surface area (Å²) in [7, 11) is -3.70. The molecular weight excluding hydrogens is 978 g/mol. The van der Waals surface area contributed by atoms with Gasteiger partial charge in [0.15, 0.2) is 0 Å². The number of hydrogen-bond acceptors (Lipinski definition) is 15. The van der Waals surface area contributed by atoms with E-state index in [2.05, 4.69) is 35.9 Å². The average molecular weight is 1050 g/mol. The maximum absolute atomic E-state index is 14.1. The van der Waals surface area contributed by atoms with Gasteiger partial charge in [0.05, 0.1) is 49.0 Å². The van der Waals surface area contributed by atoms with E-state index in [1.165, 1.54) is 37.3 Å². The molecule has 27 heteroatoms. The van der Waals surface area contributed by atoms with Crippen molar-refractivity contribution in [2.75, 3.05) is 26.9 Å². The number of ether oxygens (including phenoxy) is 1. The van der Waals surface area contributed by atoms with Crippen LogP contribution < -0.4 is 31.7 Å². The lowest BCUT2D eigenvalue weighted by atomic mass is 10.0. The highest BCUT2D eigenvalue weighted by Crippen LogP contribution is 2.38. The number of aryl methyl sites for hydroxylation is 2. The summed E-state index contributed by atoms with van der Waals surface area (Å²) in [6, 6.07) is -0.650. The summed E-state index contributed by atoms with van der Waals surface area (Å²) in [5, 5.41) is 35.6. The third-order valence-corrected chi connectivity index (χ3v) is 12.7. The summed E-state index contributed by atoms with van der Waals surface area (Å²) in [5.74, 6) is -4.73. The predicted molar refractivity (Wildman–Crippen MR) is 263 cm³/mol. The van der Waals surface area contributed by atoms with Gasteiger partial charge in [0.1, 0.15) is 42.6 Å². The van der Waals surface area contributed by atoms with Crippen molar-refractivity contribution in [3.8, 4) is 11.4 Å². The molecule has 402 valence electrons. The van der Waals surface area contributed by atoms with Crippen molar-refractivity contribution >= 4 is 55.2 Å². The molecule has 0 unspecified atom stereocenters. The van der Waals surface area contributed by atoms with E-state index in [1.54, 1.807) is 23.2 Å². The second-order valence-corrected chi connectivity index (χ2v) is 19.3. The van der Waals surface area contributed by atoms with Crippen LogP contribution in [0.1, 0.15) is 95.3 Å². The van der Waals surface area contributed by atoms with E-state index in [4.69, 9.17) is 15.3 Å². The minimum Gasteiger partial charge on any atom is -0.494 e. The Kier molecular flexibility index (Phi) is 22.1. The summed E-state index contributed by atoms with van der Waals surface area (Å²) in [5.41, 5.74) is 8.88. The number of hydrogen-bond donors (Lipinski definition) is 8. The smallest absolute Gasteiger partial charge is 0.469 e. The van der Waals surface area contributed by atoms with Crippen LogP contribution in [0.15, 0.2) is 41.9 Å². The van der Waals surface area contributed by atoms with Crippen LogP contribution >= 0.6 is 7.82 Å². The summed E-state index contributed by atoms with van der Waals surface area (Å²) < 4.78 is 25.1. The first kappa shape index (κ1) is 58.8. The molecule has 0 spiro atoms. The number of nitrogens with zero attached hydrogens (tertiary/aromatic N) is 6. The lowest BCUT2D eigenvalue weighted by molar-refractivity contribution is -0.384. The second-order valence-electron chi connectivity index (χ2n) is 18.1. The molecule has 0 saturated carbocycles. The lowest BCUT2D eigenvalue weighted by Crippen LogP contribution is -2.61. The number of methoxy groups -OCH3 is 1. The summed E-state index contributed by atoms with van der Waals surface area (Å²) in [4.78, 5) is 120. The number of likely N-dealkylation sites (tertiary alicyclic amines) is 1. The van der Waals surface area contributed by atoms with Crippen molar-refractivity contribution in [2.24, 2.45) is 16.8 Å². The van der Waals surface area contributed by atoms with Gasteiger partial charge in [-0.2, -0.15) is 0 Å². The Hall–Kier alpha value is -6.73. The predicted octanol–water partition coefficient (Wildman–Crippen LogP) is 1.33. The van der Waals surface area contributed by atoms with Crippen LogP contribution in [0.25, 0.3) is 5.69 Å². The Balaban J connectivity index is 1.42. The van der Waals surface area contributed by atoms with Crippen molar-refractivity contribution in [3.05, 3.63) is 69.5 Å². The minimum absolute atomic E-state index is 0.0886. The summed E-state index contributed by atoms with van der Waals surface area (Å²) in [6.45, 7) is 10.0.